The van der Waals surface area contributed by atoms with Gasteiger partial charge in [0, 0.05) is 37.7 Å². The molecule has 1 amide bonds. The fourth-order valence-electron chi connectivity index (χ4n) is 3.40. The van der Waals surface area contributed by atoms with Gasteiger partial charge < -0.3 is 9.64 Å². The molecule has 27 heavy (non-hydrogen) atoms. The molecule has 1 aromatic heterocycles. The van der Waals surface area contributed by atoms with E-state index in [0.717, 1.165) is 35.3 Å². The van der Waals surface area contributed by atoms with Crippen LogP contribution in [0, 0.1) is 0 Å². The Kier molecular flexibility index (Phi) is 5.15. The molecule has 2 aromatic carbocycles. The molecule has 4 rings (SSSR count). The van der Waals surface area contributed by atoms with Crippen LogP contribution >= 0.6 is 0 Å². The summed E-state index contributed by atoms with van der Waals surface area (Å²) in [6.45, 7) is 1.42. The maximum Gasteiger partial charge on any atom is 0.253 e. The van der Waals surface area contributed by atoms with Crippen molar-refractivity contribution in [2.45, 2.75) is 18.9 Å². The van der Waals surface area contributed by atoms with E-state index in [0.29, 0.717) is 13.1 Å². The molecular weight excluding hydrogens is 336 g/mol. The first kappa shape index (κ1) is 17.3. The summed E-state index contributed by atoms with van der Waals surface area (Å²) in [7, 11) is 0. The van der Waals surface area contributed by atoms with Crippen molar-refractivity contribution < 1.29 is 9.53 Å². The molecule has 4 heteroatoms. The lowest BCUT2D eigenvalue weighted by Crippen LogP contribution is -2.41. The number of aromatic nitrogens is 1. The Bertz CT molecular complexity index is 871. The van der Waals surface area contributed by atoms with Gasteiger partial charge in [-0.25, -0.2) is 0 Å². The number of rotatable bonds is 4. The average Bonchev–Trinajstić information content (AvgIpc) is 2.75. The fourth-order valence-corrected chi connectivity index (χ4v) is 3.40. The van der Waals surface area contributed by atoms with Crippen LogP contribution in [-0.2, 0) is 0 Å². The number of piperidine rings is 1. The quantitative estimate of drug-likeness (QED) is 0.693. The van der Waals surface area contributed by atoms with Crippen molar-refractivity contribution >= 4 is 5.91 Å². The van der Waals surface area contributed by atoms with Crippen molar-refractivity contribution in [3.05, 3.63) is 84.7 Å². The second-order valence-corrected chi connectivity index (χ2v) is 6.74. The van der Waals surface area contributed by atoms with E-state index < -0.39 is 0 Å². The number of amides is 1. The van der Waals surface area contributed by atoms with Gasteiger partial charge in [0.05, 0.1) is 6.20 Å². The molecule has 0 bridgehead atoms. The van der Waals surface area contributed by atoms with Crippen LogP contribution in [0.1, 0.15) is 23.2 Å². The number of hydrogen-bond acceptors (Lipinski definition) is 3. The lowest BCUT2D eigenvalue weighted by atomic mass is 10.0. The molecule has 1 fully saturated rings. The molecule has 0 saturated carbocycles. The van der Waals surface area contributed by atoms with Gasteiger partial charge in [-0.1, -0.05) is 42.5 Å². The Morgan fingerprint density at radius 2 is 1.59 bits per heavy atom. The second-order valence-electron chi connectivity index (χ2n) is 6.74. The van der Waals surface area contributed by atoms with Crippen molar-refractivity contribution in [3.8, 4) is 16.9 Å². The maximum atomic E-state index is 12.8. The van der Waals surface area contributed by atoms with Crippen LogP contribution in [0.5, 0.6) is 5.75 Å². The molecule has 2 heterocycles. The van der Waals surface area contributed by atoms with Crippen LogP contribution in [0.3, 0.4) is 0 Å². The van der Waals surface area contributed by atoms with Gasteiger partial charge >= 0.3 is 0 Å². The van der Waals surface area contributed by atoms with E-state index in [1.54, 1.807) is 12.4 Å². The predicted octanol–water partition coefficient (Wildman–Crippen LogP) is 4.43. The zero-order valence-corrected chi connectivity index (χ0v) is 15.1. The van der Waals surface area contributed by atoms with Crippen molar-refractivity contribution in [3.63, 3.8) is 0 Å². The van der Waals surface area contributed by atoms with Gasteiger partial charge in [-0.2, -0.15) is 0 Å². The molecule has 1 aliphatic heterocycles. The maximum absolute atomic E-state index is 12.8. The van der Waals surface area contributed by atoms with Gasteiger partial charge in [-0.15, -0.1) is 0 Å². The number of pyridine rings is 1. The third-order valence-corrected chi connectivity index (χ3v) is 4.91. The lowest BCUT2D eigenvalue weighted by molar-refractivity contribution is 0.0595. The average molecular weight is 358 g/mol. The van der Waals surface area contributed by atoms with Crippen molar-refractivity contribution in [1.82, 2.24) is 9.88 Å². The number of benzene rings is 2. The highest BCUT2D eigenvalue weighted by molar-refractivity contribution is 5.94. The molecule has 0 N–H and O–H groups in total. The van der Waals surface area contributed by atoms with E-state index in [9.17, 15) is 4.79 Å². The number of hydrogen-bond donors (Lipinski definition) is 0. The van der Waals surface area contributed by atoms with Crippen LogP contribution < -0.4 is 4.74 Å². The first-order valence-electron chi connectivity index (χ1n) is 9.31. The van der Waals surface area contributed by atoms with E-state index in [4.69, 9.17) is 4.74 Å². The van der Waals surface area contributed by atoms with E-state index in [2.05, 4.69) is 17.1 Å². The van der Waals surface area contributed by atoms with Crippen LogP contribution in [-0.4, -0.2) is 35.0 Å². The summed E-state index contributed by atoms with van der Waals surface area (Å²) in [5.74, 6) is 0.883. The van der Waals surface area contributed by atoms with E-state index in [1.165, 1.54) is 0 Å². The molecule has 136 valence electrons. The normalized spacial score (nSPS) is 14.7. The van der Waals surface area contributed by atoms with Crippen molar-refractivity contribution in [2.75, 3.05) is 13.1 Å². The minimum atomic E-state index is 0.0921. The Morgan fingerprint density at radius 3 is 2.26 bits per heavy atom. The Morgan fingerprint density at radius 1 is 0.889 bits per heavy atom. The van der Waals surface area contributed by atoms with Gasteiger partial charge in [-0.3, -0.25) is 9.78 Å². The molecule has 1 aliphatic rings. The number of carbonyl (C=O) groups excluding carboxylic acids is 1. The lowest BCUT2D eigenvalue weighted by Gasteiger charge is -2.32. The van der Waals surface area contributed by atoms with Crippen molar-refractivity contribution in [2.24, 2.45) is 0 Å². The second kappa shape index (κ2) is 8.04. The Balaban J connectivity index is 1.35. The summed E-state index contributed by atoms with van der Waals surface area (Å²) in [6, 6.07) is 21.8. The highest BCUT2D eigenvalue weighted by Gasteiger charge is 2.24. The van der Waals surface area contributed by atoms with Gasteiger partial charge in [0.15, 0.2) is 0 Å². The van der Waals surface area contributed by atoms with Gasteiger partial charge in [0.25, 0.3) is 5.91 Å². The van der Waals surface area contributed by atoms with Crippen LogP contribution in [0.2, 0.25) is 0 Å². The minimum Gasteiger partial charge on any atom is -0.489 e. The number of carbonyl (C=O) groups is 1. The van der Waals surface area contributed by atoms with Gasteiger partial charge in [-0.05, 0) is 35.4 Å². The monoisotopic (exact) mass is 358 g/mol. The molecule has 1 saturated heterocycles. The smallest absolute Gasteiger partial charge is 0.253 e. The first-order valence-corrected chi connectivity index (χ1v) is 9.31. The minimum absolute atomic E-state index is 0.0921. The van der Waals surface area contributed by atoms with Gasteiger partial charge in [0.1, 0.15) is 11.9 Å². The van der Waals surface area contributed by atoms with E-state index >= 15 is 0 Å². The molecule has 0 unspecified atom stereocenters. The Hall–Kier alpha value is -3.14. The Labute approximate surface area is 159 Å². The zero-order valence-electron chi connectivity index (χ0n) is 15.1. The summed E-state index contributed by atoms with van der Waals surface area (Å²) in [6.07, 6.45) is 5.27. The van der Waals surface area contributed by atoms with E-state index in [1.807, 2.05) is 59.5 Å². The third kappa shape index (κ3) is 4.17. The first-order chi connectivity index (χ1) is 13.3. The highest BCUT2D eigenvalue weighted by Crippen LogP contribution is 2.22. The topological polar surface area (TPSA) is 42.4 Å². The molecule has 0 spiro atoms. The molecule has 0 aliphatic carbocycles. The van der Waals surface area contributed by atoms with Crippen molar-refractivity contribution in [1.29, 1.82) is 0 Å². The molecule has 3 aromatic rings. The summed E-state index contributed by atoms with van der Waals surface area (Å²) in [4.78, 5) is 18.8. The largest absolute Gasteiger partial charge is 0.489 e. The zero-order chi connectivity index (χ0) is 18.5. The van der Waals surface area contributed by atoms with Gasteiger partial charge in [0.2, 0.25) is 0 Å². The van der Waals surface area contributed by atoms with E-state index in [-0.39, 0.29) is 12.0 Å². The van der Waals surface area contributed by atoms with Crippen LogP contribution in [0.15, 0.2) is 79.1 Å². The molecule has 0 radical (unpaired) electrons. The van der Waals surface area contributed by atoms with Crippen LogP contribution in [0.25, 0.3) is 11.1 Å². The summed E-state index contributed by atoms with van der Waals surface area (Å²) in [5.41, 5.74) is 3.02. The number of nitrogens with zero attached hydrogens (tertiary/aromatic N) is 2. The standard InChI is InChI=1S/C23H22N2O2/c26-23(20-10-8-19(9-11-20)18-5-2-1-3-6-18)25-15-12-21(13-16-25)27-22-7-4-14-24-17-22/h1-11,14,17,21H,12-13,15-16H2. The number of ether oxygens (including phenoxy) is 1. The molecule has 0 atom stereocenters. The molecular formula is C23H22N2O2. The highest BCUT2D eigenvalue weighted by atomic mass is 16.5. The fraction of sp³-hybridized carbons (Fsp3) is 0.217. The SMILES string of the molecule is O=C(c1ccc(-c2ccccc2)cc1)N1CCC(Oc2cccnc2)CC1. The summed E-state index contributed by atoms with van der Waals surface area (Å²) < 4.78 is 5.95. The van der Waals surface area contributed by atoms with Crippen LogP contribution in [0.4, 0.5) is 0 Å². The summed E-state index contributed by atoms with van der Waals surface area (Å²) in [5, 5.41) is 0. The predicted molar refractivity (Wildman–Crippen MR) is 106 cm³/mol. The molecule has 4 nitrogen and oxygen atoms in total. The third-order valence-electron chi connectivity index (χ3n) is 4.91. The summed E-state index contributed by atoms with van der Waals surface area (Å²) >= 11 is 0. The number of likely N-dealkylation sites (tertiary alicyclic amines) is 1.